The van der Waals surface area contributed by atoms with Crippen molar-refractivity contribution >= 4 is 32.6 Å². The molecule has 3 aromatic rings. The Labute approximate surface area is 188 Å². The molecule has 0 aliphatic rings. The van der Waals surface area contributed by atoms with E-state index in [2.05, 4.69) is 15.6 Å². The fourth-order valence-electron chi connectivity index (χ4n) is 2.75. The normalized spacial score (nSPS) is 10.9. The quantitative estimate of drug-likeness (QED) is 0.481. The molecule has 0 saturated heterocycles. The van der Waals surface area contributed by atoms with Crippen LogP contribution in [0.25, 0.3) is 0 Å². The number of carboxylic acids is 1. The lowest BCUT2D eigenvalue weighted by Gasteiger charge is -2.08. The zero-order valence-corrected chi connectivity index (χ0v) is 17.8. The fourth-order valence-corrected chi connectivity index (χ4v) is 3.71. The van der Waals surface area contributed by atoms with Crippen LogP contribution in [0.1, 0.15) is 26.4 Å². The number of aromatic carboxylic acids is 1. The summed E-state index contributed by atoms with van der Waals surface area (Å²) in [4.78, 5) is 38.4. The van der Waals surface area contributed by atoms with E-state index in [9.17, 15) is 27.2 Å². The van der Waals surface area contributed by atoms with Crippen molar-refractivity contribution < 1.29 is 32.3 Å². The number of carbonyl (C=O) groups is 3. The lowest BCUT2D eigenvalue weighted by atomic mass is 10.1. The Morgan fingerprint density at radius 1 is 0.939 bits per heavy atom. The van der Waals surface area contributed by atoms with Crippen molar-refractivity contribution in [3.05, 3.63) is 89.5 Å². The Balaban J connectivity index is 1.57. The molecule has 0 spiro atoms. The summed E-state index contributed by atoms with van der Waals surface area (Å²) in [5.41, 5.74) is 0.821. The van der Waals surface area contributed by atoms with Crippen molar-refractivity contribution in [2.24, 2.45) is 0 Å². The molecular formula is C22H18FN3O6S. The van der Waals surface area contributed by atoms with Gasteiger partial charge in [-0.05, 0) is 60.5 Å². The number of nitrogens with zero attached hydrogens (tertiary/aromatic N) is 1. The van der Waals surface area contributed by atoms with Crippen molar-refractivity contribution in [1.29, 1.82) is 0 Å². The Hall–Kier alpha value is -4.12. The van der Waals surface area contributed by atoms with Crippen molar-refractivity contribution in [3.8, 4) is 0 Å². The van der Waals surface area contributed by atoms with Crippen LogP contribution in [0.15, 0.2) is 71.8 Å². The van der Waals surface area contributed by atoms with Crippen LogP contribution in [0.2, 0.25) is 0 Å². The van der Waals surface area contributed by atoms with Gasteiger partial charge in [-0.3, -0.25) is 9.59 Å². The van der Waals surface area contributed by atoms with E-state index in [0.29, 0.717) is 12.0 Å². The first kappa shape index (κ1) is 23.5. The molecule has 0 atom stereocenters. The van der Waals surface area contributed by atoms with Crippen LogP contribution in [-0.4, -0.2) is 42.2 Å². The summed E-state index contributed by atoms with van der Waals surface area (Å²) in [6.07, 6.45) is 1.45. The molecule has 9 nitrogen and oxygen atoms in total. The molecule has 2 amide bonds. The minimum atomic E-state index is -4.35. The van der Waals surface area contributed by atoms with Gasteiger partial charge in [-0.1, -0.05) is 12.1 Å². The molecule has 3 rings (SSSR count). The summed E-state index contributed by atoms with van der Waals surface area (Å²) in [6, 6.07) is 13.1. The summed E-state index contributed by atoms with van der Waals surface area (Å²) in [6.45, 7) is 0.266. The molecule has 0 aliphatic heterocycles. The van der Waals surface area contributed by atoms with Gasteiger partial charge in [0.25, 0.3) is 15.7 Å². The SMILES string of the molecule is O=C(NCCc1ccc(S(=O)(=O)C(=O)Nc2ccc(C(=O)O)nc2)cc1)c1ccc(F)cc1. The van der Waals surface area contributed by atoms with Gasteiger partial charge in [0.05, 0.1) is 16.8 Å². The van der Waals surface area contributed by atoms with Gasteiger partial charge in [0.15, 0.2) is 0 Å². The minimum Gasteiger partial charge on any atom is -0.477 e. The van der Waals surface area contributed by atoms with Crippen molar-refractivity contribution in [1.82, 2.24) is 10.3 Å². The van der Waals surface area contributed by atoms with Gasteiger partial charge in [0, 0.05) is 12.1 Å². The van der Waals surface area contributed by atoms with E-state index >= 15 is 0 Å². The maximum atomic E-state index is 12.9. The van der Waals surface area contributed by atoms with Crippen LogP contribution in [0.4, 0.5) is 14.9 Å². The lowest BCUT2D eigenvalue weighted by Crippen LogP contribution is -2.25. The highest BCUT2D eigenvalue weighted by Crippen LogP contribution is 2.16. The molecule has 33 heavy (non-hydrogen) atoms. The van der Waals surface area contributed by atoms with Crippen LogP contribution in [0.3, 0.4) is 0 Å². The van der Waals surface area contributed by atoms with Gasteiger partial charge in [-0.15, -0.1) is 0 Å². The molecule has 0 bridgehead atoms. The first-order valence-electron chi connectivity index (χ1n) is 9.55. The molecular weight excluding hydrogens is 453 g/mol. The van der Waals surface area contributed by atoms with Gasteiger partial charge < -0.3 is 15.7 Å². The number of halogens is 1. The van der Waals surface area contributed by atoms with Crippen LogP contribution in [-0.2, 0) is 16.3 Å². The lowest BCUT2D eigenvalue weighted by molar-refractivity contribution is 0.0690. The molecule has 170 valence electrons. The number of hydrogen-bond acceptors (Lipinski definition) is 6. The predicted octanol–water partition coefficient (Wildman–Crippen LogP) is 2.90. The highest BCUT2D eigenvalue weighted by Gasteiger charge is 2.25. The van der Waals surface area contributed by atoms with Gasteiger partial charge in [0.2, 0.25) is 0 Å². The summed E-state index contributed by atoms with van der Waals surface area (Å²) in [5.74, 6) is -2.06. The Bertz CT molecular complexity index is 1280. The second-order valence-corrected chi connectivity index (χ2v) is 8.66. The molecule has 1 aromatic heterocycles. The highest BCUT2D eigenvalue weighted by atomic mass is 32.2. The zero-order valence-electron chi connectivity index (χ0n) is 17.0. The number of carboxylic acid groups (broad SMARTS) is 1. The van der Waals surface area contributed by atoms with Crippen LogP contribution in [0.5, 0.6) is 0 Å². The van der Waals surface area contributed by atoms with Gasteiger partial charge in [0.1, 0.15) is 11.5 Å². The maximum absolute atomic E-state index is 12.9. The molecule has 2 aromatic carbocycles. The Morgan fingerprint density at radius 3 is 2.18 bits per heavy atom. The number of carbonyl (C=O) groups excluding carboxylic acids is 2. The van der Waals surface area contributed by atoms with E-state index in [0.717, 1.165) is 17.8 Å². The van der Waals surface area contributed by atoms with E-state index in [1.165, 1.54) is 54.6 Å². The second kappa shape index (κ2) is 10.0. The number of anilines is 1. The number of aromatic nitrogens is 1. The first-order valence-corrected chi connectivity index (χ1v) is 11.0. The number of hydrogen-bond donors (Lipinski definition) is 3. The molecule has 0 aliphatic carbocycles. The third kappa shape index (κ3) is 5.98. The van der Waals surface area contributed by atoms with Gasteiger partial charge in [-0.2, -0.15) is 0 Å². The van der Waals surface area contributed by atoms with Crippen LogP contribution < -0.4 is 10.6 Å². The minimum absolute atomic E-state index is 0.0297. The molecule has 11 heteroatoms. The van der Waals surface area contributed by atoms with Crippen molar-refractivity contribution in [3.63, 3.8) is 0 Å². The number of benzene rings is 2. The second-order valence-electron chi connectivity index (χ2n) is 6.81. The van der Waals surface area contributed by atoms with E-state index in [4.69, 9.17) is 5.11 Å². The number of rotatable bonds is 7. The summed E-state index contributed by atoms with van der Waals surface area (Å²) >= 11 is 0. The van der Waals surface area contributed by atoms with Gasteiger partial charge >= 0.3 is 11.2 Å². The van der Waals surface area contributed by atoms with Crippen molar-refractivity contribution in [2.75, 3.05) is 11.9 Å². The van der Waals surface area contributed by atoms with Crippen LogP contribution >= 0.6 is 0 Å². The summed E-state index contributed by atoms with van der Waals surface area (Å²) in [7, 11) is -4.35. The molecule has 3 N–H and O–H groups in total. The summed E-state index contributed by atoms with van der Waals surface area (Å²) < 4.78 is 37.9. The largest absolute Gasteiger partial charge is 0.477 e. The average Bonchev–Trinajstić information content (AvgIpc) is 2.80. The average molecular weight is 471 g/mol. The van der Waals surface area contributed by atoms with E-state index in [-0.39, 0.29) is 28.7 Å². The van der Waals surface area contributed by atoms with E-state index in [1.54, 1.807) is 0 Å². The Kier molecular flexibility index (Phi) is 7.13. The number of sulfone groups is 1. The molecule has 0 radical (unpaired) electrons. The number of amides is 2. The molecule has 0 fully saturated rings. The third-order valence-electron chi connectivity index (χ3n) is 4.51. The fraction of sp³-hybridized carbons (Fsp3) is 0.0909. The van der Waals surface area contributed by atoms with Crippen LogP contribution in [0, 0.1) is 5.82 Å². The Morgan fingerprint density at radius 2 is 1.61 bits per heavy atom. The summed E-state index contributed by atoms with van der Waals surface area (Å²) in [5, 5.41) is 12.4. The smallest absolute Gasteiger partial charge is 0.354 e. The van der Waals surface area contributed by atoms with E-state index < -0.39 is 26.9 Å². The third-order valence-corrected chi connectivity index (χ3v) is 6.00. The topological polar surface area (TPSA) is 143 Å². The predicted molar refractivity (Wildman–Crippen MR) is 116 cm³/mol. The highest BCUT2D eigenvalue weighted by molar-refractivity contribution is 8.06. The first-order chi connectivity index (χ1) is 15.7. The van der Waals surface area contributed by atoms with E-state index in [1.807, 2.05) is 0 Å². The molecule has 0 unspecified atom stereocenters. The maximum Gasteiger partial charge on any atom is 0.354 e. The molecule has 1 heterocycles. The zero-order chi connectivity index (χ0) is 24.0. The molecule has 0 saturated carbocycles. The number of pyridine rings is 1. The number of nitrogens with one attached hydrogen (secondary N) is 2. The van der Waals surface area contributed by atoms with Gasteiger partial charge in [-0.25, -0.2) is 22.6 Å². The van der Waals surface area contributed by atoms with Crippen molar-refractivity contribution in [2.45, 2.75) is 11.3 Å². The monoisotopic (exact) mass is 471 g/mol. The standard InChI is InChI=1S/C22H18FN3O6S/c23-16-5-3-15(4-6-16)20(27)24-12-11-14-1-8-18(9-2-14)33(31,32)22(30)26-17-7-10-19(21(28)29)25-13-17/h1-10,13H,11-12H2,(H,24,27)(H,26,30)(H,28,29).